The maximum Gasteiger partial charge on any atom is 0.232 e. The normalized spacial score (nSPS) is 11.5. The van der Waals surface area contributed by atoms with Gasteiger partial charge in [0.25, 0.3) is 0 Å². The Labute approximate surface area is 112 Å². The van der Waals surface area contributed by atoms with Crippen LogP contribution in [-0.2, 0) is 10.0 Å². The fraction of sp³-hybridized carbons (Fsp3) is 0.455. The topological polar surface area (TPSA) is 58.2 Å². The molecule has 0 radical (unpaired) electrons. The molecule has 18 heavy (non-hydrogen) atoms. The molecule has 0 aliphatic heterocycles. The van der Waals surface area contributed by atoms with Crippen molar-refractivity contribution in [3.8, 4) is 0 Å². The van der Waals surface area contributed by atoms with E-state index in [1.54, 1.807) is 0 Å². The molecular formula is C11H16ClFN2O2S. The number of benzene rings is 1. The van der Waals surface area contributed by atoms with Gasteiger partial charge in [-0.1, -0.05) is 18.5 Å². The highest BCUT2D eigenvalue weighted by molar-refractivity contribution is 7.92. The van der Waals surface area contributed by atoms with E-state index >= 15 is 0 Å². The van der Waals surface area contributed by atoms with E-state index in [0.717, 1.165) is 12.6 Å². The number of anilines is 1. The highest BCUT2D eigenvalue weighted by atomic mass is 35.5. The summed E-state index contributed by atoms with van der Waals surface area (Å²) < 4.78 is 38.9. The average Bonchev–Trinajstić information content (AvgIpc) is 2.28. The first-order chi connectivity index (χ1) is 8.44. The summed E-state index contributed by atoms with van der Waals surface area (Å²) in [6.45, 7) is 3.34. The van der Waals surface area contributed by atoms with Crippen LogP contribution >= 0.6 is 11.6 Å². The van der Waals surface area contributed by atoms with E-state index in [0.29, 0.717) is 13.0 Å². The summed E-state index contributed by atoms with van der Waals surface area (Å²) in [6, 6.07) is 3.80. The minimum atomic E-state index is -3.52. The Balaban J connectivity index is 2.59. The van der Waals surface area contributed by atoms with Crippen molar-refractivity contribution in [2.45, 2.75) is 13.3 Å². The molecule has 4 nitrogen and oxygen atoms in total. The summed E-state index contributed by atoms with van der Waals surface area (Å²) in [5.74, 6) is -0.736. The Bertz CT molecular complexity index is 494. The second-order valence-electron chi connectivity index (χ2n) is 3.75. The highest BCUT2D eigenvalue weighted by Crippen LogP contribution is 2.19. The molecule has 7 heteroatoms. The second-order valence-corrected chi connectivity index (χ2v) is 6.03. The molecule has 0 aromatic heterocycles. The van der Waals surface area contributed by atoms with Gasteiger partial charge < -0.3 is 5.32 Å². The molecule has 0 atom stereocenters. The molecule has 0 bridgehead atoms. The Hall–Kier alpha value is -0.850. The van der Waals surface area contributed by atoms with Crippen molar-refractivity contribution in [3.63, 3.8) is 0 Å². The van der Waals surface area contributed by atoms with Gasteiger partial charge in [-0.05, 0) is 37.7 Å². The Morgan fingerprint density at radius 1 is 1.39 bits per heavy atom. The largest absolute Gasteiger partial charge is 0.317 e. The van der Waals surface area contributed by atoms with Crippen LogP contribution in [0.3, 0.4) is 0 Å². The van der Waals surface area contributed by atoms with Crippen LogP contribution in [0, 0.1) is 5.82 Å². The lowest BCUT2D eigenvalue weighted by atomic mass is 10.3. The molecule has 0 heterocycles. The molecule has 0 aliphatic rings. The molecule has 1 aromatic carbocycles. The summed E-state index contributed by atoms with van der Waals surface area (Å²) in [7, 11) is -3.52. The van der Waals surface area contributed by atoms with E-state index in [2.05, 4.69) is 10.0 Å². The molecule has 1 aromatic rings. The van der Waals surface area contributed by atoms with Crippen molar-refractivity contribution in [1.82, 2.24) is 5.32 Å². The lowest BCUT2D eigenvalue weighted by Gasteiger charge is -2.09. The lowest BCUT2D eigenvalue weighted by molar-refractivity contribution is 0.593. The predicted octanol–water partition coefficient (Wildman–Crippen LogP) is 2.22. The summed E-state index contributed by atoms with van der Waals surface area (Å²) in [5.41, 5.74) is -0.0807. The Morgan fingerprint density at radius 2 is 2.11 bits per heavy atom. The van der Waals surface area contributed by atoms with Gasteiger partial charge in [0.15, 0.2) is 0 Å². The van der Waals surface area contributed by atoms with Crippen LogP contribution in [0.15, 0.2) is 18.2 Å². The van der Waals surface area contributed by atoms with Crippen molar-refractivity contribution < 1.29 is 12.8 Å². The minimum Gasteiger partial charge on any atom is -0.317 e. The van der Waals surface area contributed by atoms with Gasteiger partial charge in [-0.2, -0.15) is 0 Å². The smallest absolute Gasteiger partial charge is 0.232 e. The van der Waals surface area contributed by atoms with E-state index in [9.17, 15) is 12.8 Å². The first-order valence-electron chi connectivity index (χ1n) is 5.61. The Morgan fingerprint density at radius 3 is 2.72 bits per heavy atom. The van der Waals surface area contributed by atoms with Crippen LogP contribution in [0.25, 0.3) is 0 Å². The van der Waals surface area contributed by atoms with E-state index in [1.807, 2.05) is 6.92 Å². The van der Waals surface area contributed by atoms with Crippen molar-refractivity contribution >= 4 is 27.3 Å². The number of sulfonamides is 1. The van der Waals surface area contributed by atoms with E-state index in [1.165, 1.54) is 12.1 Å². The van der Waals surface area contributed by atoms with Crippen molar-refractivity contribution in [3.05, 3.63) is 29.0 Å². The summed E-state index contributed by atoms with van der Waals surface area (Å²) in [5, 5.41) is 3.24. The van der Waals surface area contributed by atoms with E-state index in [4.69, 9.17) is 11.6 Å². The van der Waals surface area contributed by atoms with Gasteiger partial charge in [-0.25, -0.2) is 12.8 Å². The molecular weight excluding hydrogens is 279 g/mol. The molecule has 0 unspecified atom stereocenters. The number of halogens is 2. The van der Waals surface area contributed by atoms with Gasteiger partial charge >= 0.3 is 0 Å². The first-order valence-corrected chi connectivity index (χ1v) is 7.64. The quantitative estimate of drug-likeness (QED) is 0.758. The maximum atomic E-state index is 13.4. The van der Waals surface area contributed by atoms with Crippen LogP contribution in [0.2, 0.25) is 5.02 Å². The molecule has 0 amide bonds. The molecule has 0 saturated carbocycles. The summed E-state index contributed by atoms with van der Waals surface area (Å²) >= 11 is 5.58. The molecule has 1 rings (SSSR count). The standard InChI is InChI=1S/C11H16ClFN2O2S/c1-2-14-6-3-7-18(16,17)15-11-5-4-9(12)8-10(11)13/h4-5,8,14-15H,2-3,6-7H2,1H3. The predicted molar refractivity (Wildman–Crippen MR) is 72.0 cm³/mol. The minimum absolute atomic E-state index is 0.0535. The third-order valence-electron chi connectivity index (χ3n) is 2.21. The van der Waals surface area contributed by atoms with Gasteiger partial charge in [0.2, 0.25) is 10.0 Å². The number of hydrogen-bond donors (Lipinski definition) is 2. The molecule has 0 aliphatic carbocycles. The van der Waals surface area contributed by atoms with Crippen LogP contribution in [-0.4, -0.2) is 27.3 Å². The highest BCUT2D eigenvalue weighted by Gasteiger charge is 2.12. The van der Waals surface area contributed by atoms with Gasteiger partial charge in [0.1, 0.15) is 5.82 Å². The number of rotatable bonds is 7. The van der Waals surface area contributed by atoms with Gasteiger partial charge in [-0.15, -0.1) is 0 Å². The zero-order valence-corrected chi connectivity index (χ0v) is 11.6. The molecule has 2 N–H and O–H groups in total. The molecule has 0 spiro atoms. The summed E-state index contributed by atoms with van der Waals surface area (Å²) in [4.78, 5) is 0. The van der Waals surface area contributed by atoms with Crippen molar-refractivity contribution in [2.24, 2.45) is 0 Å². The lowest BCUT2D eigenvalue weighted by Crippen LogP contribution is -2.22. The Kier molecular flexibility index (Phi) is 5.84. The number of hydrogen-bond acceptors (Lipinski definition) is 3. The van der Waals surface area contributed by atoms with Gasteiger partial charge in [0, 0.05) is 5.02 Å². The van der Waals surface area contributed by atoms with Crippen LogP contribution in [0.5, 0.6) is 0 Å². The molecule has 0 fully saturated rings. The second kappa shape index (κ2) is 6.92. The van der Waals surface area contributed by atoms with Crippen molar-refractivity contribution in [2.75, 3.05) is 23.6 Å². The van der Waals surface area contributed by atoms with Crippen LogP contribution < -0.4 is 10.0 Å². The third kappa shape index (κ3) is 5.20. The third-order valence-corrected chi connectivity index (χ3v) is 3.81. The SMILES string of the molecule is CCNCCCS(=O)(=O)Nc1ccc(Cl)cc1F. The zero-order chi connectivity index (χ0) is 13.6. The fourth-order valence-electron chi connectivity index (χ4n) is 1.35. The van der Waals surface area contributed by atoms with Crippen LogP contribution in [0.1, 0.15) is 13.3 Å². The van der Waals surface area contributed by atoms with Crippen LogP contribution in [0.4, 0.5) is 10.1 Å². The fourth-order valence-corrected chi connectivity index (χ4v) is 2.64. The van der Waals surface area contributed by atoms with E-state index < -0.39 is 15.8 Å². The average molecular weight is 295 g/mol. The molecule has 102 valence electrons. The van der Waals surface area contributed by atoms with Crippen molar-refractivity contribution in [1.29, 1.82) is 0 Å². The van der Waals surface area contributed by atoms with Gasteiger partial charge in [0.05, 0.1) is 11.4 Å². The van der Waals surface area contributed by atoms with E-state index in [-0.39, 0.29) is 16.5 Å². The number of nitrogens with one attached hydrogen (secondary N) is 2. The molecule has 0 saturated heterocycles. The van der Waals surface area contributed by atoms with Gasteiger partial charge in [-0.3, -0.25) is 4.72 Å². The first kappa shape index (κ1) is 15.2. The zero-order valence-electron chi connectivity index (χ0n) is 10.0. The monoisotopic (exact) mass is 294 g/mol. The maximum absolute atomic E-state index is 13.4. The summed E-state index contributed by atoms with van der Waals surface area (Å²) in [6.07, 6.45) is 0.471.